The van der Waals surface area contributed by atoms with Crippen LogP contribution in [0.1, 0.15) is 31.9 Å². The van der Waals surface area contributed by atoms with E-state index in [1.807, 2.05) is 29.2 Å². The summed E-state index contributed by atoms with van der Waals surface area (Å²) in [5.74, 6) is 0.878. The van der Waals surface area contributed by atoms with Gasteiger partial charge in [0, 0.05) is 35.4 Å². The Hall–Kier alpha value is -1.33. The standard InChI is InChI=1S/C16H22BrN3O/c1-4-20-10-13(8-19-20)11-21-15-5-6-16(17)14(7-15)9-18-12(2)3/h5-8,10,12,18H,4,9,11H2,1-3H3. The van der Waals surface area contributed by atoms with Crippen molar-refractivity contribution in [2.75, 3.05) is 0 Å². The maximum Gasteiger partial charge on any atom is 0.120 e. The van der Waals surface area contributed by atoms with Crippen molar-refractivity contribution in [2.45, 2.75) is 46.5 Å². The van der Waals surface area contributed by atoms with Crippen LogP contribution >= 0.6 is 15.9 Å². The molecule has 1 aromatic heterocycles. The monoisotopic (exact) mass is 351 g/mol. The van der Waals surface area contributed by atoms with E-state index >= 15 is 0 Å². The van der Waals surface area contributed by atoms with Gasteiger partial charge >= 0.3 is 0 Å². The first-order chi connectivity index (χ1) is 10.1. The molecule has 0 saturated carbocycles. The third kappa shape index (κ3) is 4.86. The smallest absolute Gasteiger partial charge is 0.120 e. The average Bonchev–Trinajstić information content (AvgIpc) is 2.93. The minimum absolute atomic E-state index is 0.460. The average molecular weight is 352 g/mol. The number of halogens is 1. The van der Waals surface area contributed by atoms with Crippen molar-refractivity contribution in [1.82, 2.24) is 15.1 Å². The van der Waals surface area contributed by atoms with Crippen LogP contribution in [0.2, 0.25) is 0 Å². The van der Waals surface area contributed by atoms with Crippen molar-refractivity contribution < 1.29 is 4.74 Å². The molecule has 0 aliphatic carbocycles. The van der Waals surface area contributed by atoms with Crippen LogP contribution in [-0.4, -0.2) is 15.8 Å². The van der Waals surface area contributed by atoms with Gasteiger partial charge in [-0.1, -0.05) is 29.8 Å². The van der Waals surface area contributed by atoms with E-state index in [0.29, 0.717) is 12.6 Å². The first-order valence-corrected chi connectivity index (χ1v) is 8.03. The lowest BCUT2D eigenvalue weighted by molar-refractivity contribution is 0.305. The number of ether oxygens (including phenoxy) is 1. The summed E-state index contributed by atoms with van der Waals surface area (Å²) >= 11 is 3.58. The predicted octanol–water partition coefficient (Wildman–Crippen LogP) is 3.74. The fourth-order valence-corrected chi connectivity index (χ4v) is 2.30. The van der Waals surface area contributed by atoms with E-state index in [2.05, 4.69) is 53.2 Å². The van der Waals surface area contributed by atoms with Gasteiger partial charge in [0.15, 0.2) is 0 Å². The van der Waals surface area contributed by atoms with Crippen molar-refractivity contribution in [2.24, 2.45) is 0 Å². The molecule has 0 atom stereocenters. The Kier molecular flexibility index (Phi) is 5.82. The Morgan fingerprint density at radius 2 is 2.19 bits per heavy atom. The molecule has 1 aromatic carbocycles. The van der Waals surface area contributed by atoms with Gasteiger partial charge in [-0.15, -0.1) is 0 Å². The van der Waals surface area contributed by atoms with Gasteiger partial charge in [0.05, 0.1) is 6.20 Å². The zero-order valence-electron chi connectivity index (χ0n) is 12.8. The predicted molar refractivity (Wildman–Crippen MR) is 88.4 cm³/mol. The molecule has 0 amide bonds. The minimum Gasteiger partial charge on any atom is -0.489 e. The lowest BCUT2D eigenvalue weighted by Crippen LogP contribution is -2.22. The van der Waals surface area contributed by atoms with E-state index in [4.69, 9.17) is 4.74 Å². The Balaban J connectivity index is 1.98. The van der Waals surface area contributed by atoms with Crippen LogP contribution < -0.4 is 10.1 Å². The Bertz CT molecular complexity index is 581. The van der Waals surface area contributed by atoms with Crippen molar-refractivity contribution in [3.8, 4) is 5.75 Å². The second-order valence-corrected chi connectivity index (χ2v) is 6.14. The van der Waals surface area contributed by atoms with Crippen LogP contribution in [0.25, 0.3) is 0 Å². The lowest BCUT2D eigenvalue weighted by atomic mass is 10.2. The zero-order valence-corrected chi connectivity index (χ0v) is 14.4. The molecule has 1 N–H and O–H groups in total. The highest BCUT2D eigenvalue weighted by molar-refractivity contribution is 9.10. The number of hydrogen-bond acceptors (Lipinski definition) is 3. The van der Waals surface area contributed by atoms with Crippen molar-refractivity contribution in [1.29, 1.82) is 0 Å². The molecule has 0 aliphatic rings. The molecule has 1 heterocycles. The van der Waals surface area contributed by atoms with E-state index in [1.165, 1.54) is 5.56 Å². The van der Waals surface area contributed by atoms with E-state index < -0.39 is 0 Å². The topological polar surface area (TPSA) is 39.1 Å². The van der Waals surface area contributed by atoms with E-state index in [0.717, 1.165) is 28.9 Å². The molecule has 0 fully saturated rings. The molecule has 0 spiro atoms. The molecule has 0 unspecified atom stereocenters. The first-order valence-electron chi connectivity index (χ1n) is 7.24. The molecule has 4 nitrogen and oxygen atoms in total. The largest absolute Gasteiger partial charge is 0.489 e. The molecule has 0 aliphatic heterocycles. The van der Waals surface area contributed by atoms with Crippen LogP contribution in [0.15, 0.2) is 35.1 Å². The van der Waals surface area contributed by atoms with Crippen molar-refractivity contribution in [3.63, 3.8) is 0 Å². The molecular formula is C16H22BrN3O. The lowest BCUT2D eigenvalue weighted by Gasteiger charge is -2.12. The highest BCUT2D eigenvalue weighted by Gasteiger charge is 2.05. The molecule has 5 heteroatoms. The third-order valence-corrected chi connectivity index (χ3v) is 3.91. The highest BCUT2D eigenvalue weighted by atomic mass is 79.9. The van der Waals surface area contributed by atoms with Crippen LogP contribution in [0.5, 0.6) is 5.75 Å². The summed E-state index contributed by atoms with van der Waals surface area (Å²) in [5, 5.41) is 7.66. The molecule has 0 bridgehead atoms. The van der Waals surface area contributed by atoms with Gasteiger partial charge in [0.1, 0.15) is 12.4 Å². The van der Waals surface area contributed by atoms with Gasteiger partial charge in [0.25, 0.3) is 0 Å². The highest BCUT2D eigenvalue weighted by Crippen LogP contribution is 2.23. The normalized spacial score (nSPS) is 11.1. The number of nitrogens with zero attached hydrogens (tertiary/aromatic N) is 2. The zero-order chi connectivity index (χ0) is 15.2. The maximum absolute atomic E-state index is 5.85. The Morgan fingerprint density at radius 1 is 1.38 bits per heavy atom. The number of benzene rings is 1. The summed E-state index contributed by atoms with van der Waals surface area (Å²) in [6.07, 6.45) is 3.86. The number of aryl methyl sites for hydroxylation is 1. The second kappa shape index (κ2) is 7.61. The van der Waals surface area contributed by atoms with E-state index in [9.17, 15) is 0 Å². The van der Waals surface area contributed by atoms with Gasteiger partial charge in [-0.05, 0) is 30.7 Å². The molecule has 0 radical (unpaired) electrons. The summed E-state index contributed by atoms with van der Waals surface area (Å²) in [4.78, 5) is 0. The molecule has 2 aromatic rings. The molecule has 2 rings (SSSR count). The number of rotatable bonds is 7. The maximum atomic E-state index is 5.85. The summed E-state index contributed by atoms with van der Waals surface area (Å²) in [7, 11) is 0. The molecule has 21 heavy (non-hydrogen) atoms. The number of aromatic nitrogens is 2. The van der Waals surface area contributed by atoms with Gasteiger partial charge in [-0.2, -0.15) is 5.10 Å². The fraction of sp³-hybridized carbons (Fsp3) is 0.438. The van der Waals surface area contributed by atoms with E-state index in [1.54, 1.807) is 0 Å². The van der Waals surface area contributed by atoms with E-state index in [-0.39, 0.29) is 0 Å². The van der Waals surface area contributed by atoms with Gasteiger partial charge in [-0.3, -0.25) is 4.68 Å². The first kappa shape index (κ1) is 16.0. The van der Waals surface area contributed by atoms with Crippen molar-refractivity contribution >= 4 is 15.9 Å². The quantitative estimate of drug-likeness (QED) is 0.825. The summed E-state index contributed by atoms with van der Waals surface area (Å²) in [6.45, 7) is 8.59. The van der Waals surface area contributed by atoms with Gasteiger partial charge in [0.2, 0.25) is 0 Å². The Labute approximate surface area is 134 Å². The van der Waals surface area contributed by atoms with Crippen LogP contribution in [0.3, 0.4) is 0 Å². The fourth-order valence-electron chi connectivity index (χ4n) is 1.91. The number of hydrogen-bond donors (Lipinski definition) is 1. The third-order valence-electron chi connectivity index (χ3n) is 3.13. The Morgan fingerprint density at radius 3 is 2.86 bits per heavy atom. The van der Waals surface area contributed by atoms with Gasteiger partial charge < -0.3 is 10.1 Å². The van der Waals surface area contributed by atoms with Crippen molar-refractivity contribution in [3.05, 3.63) is 46.2 Å². The molecule has 114 valence electrons. The molecular weight excluding hydrogens is 330 g/mol. The SMILES string of the molecule is CCn1cc(COc2ccc(Br)c(CNC(C)C)c2)cn1. The summed E-state index contributed by atoms with van der Waals surface area (Å²) < 4.78 is 8.85. The molecule has 0 saturated heterocycles. The summed E-state index contributed by atoms with van der Waals surface area (Å²) in [6, 6.07) is 6.54. The minimum atomic E-state index is 0.460. The van der Waals surface area contributed by atoms with Crippen LogP contribution in [0.4, 0.5) is 0 Å². The van der Waals surface area contributed by atoms with Crippen LogP contribution in [0, 0.1) is 0 Å². The second-order valence-electron chi connectivity index (χ2n) is 5.28. The number of nitrogens with one attached hydrogen (secondary N) is 1. The summed E-state index contributed by atoms with van der Waals surface area (Å²) in [5.41, 5.74) is 2.28. The van der Waals surface area contributed by atoms with Gasteiger partial charge in [-0.25, -0.2) is 0 Å². The van der Waals surface area contributed by atoms with Crippen LogP contribution in [-0.2, 0) is 19.7 Å².